The number of ketones is 1. The number of carbonyl (C=O) groups is 1. The van der Waals surface area contributed by atoms with Gasteiger partial charge in [-0.1, -0.05) is 6.07 Å². The van der Waals surface area contributed by atoms with Gasteiger partial charge in [-0.2, -0.15) is 5.10 Å². The van der Waals surface area contributed by atoms with E-state index in [1.54, 1.807) is 36.4 Å². The number of pyridine rings is 1. The fourth-order valence-corrected chi connectivity index (χ4v) is 2.16. The number of fused-ring (bicyclic) bond motifs is 1. The molecule has 2 N–H and O–H groups in total. The van der Waals surface area contributed by atoms with Gasteiger partial charge in [-0.15, -0.1) is 0 Å². The summed E-state index contributed by atoms with van der Waals surface area (Å²) in [4.78, 5) is 16.6. The molecule has 0 saturated carbocycles. The average Bonchev–Trinajstić information content (AvgIpc) is 2.92. The minimum atomic E-state index is -0.696. The molecule has 0 radical (unpaired) electrons. The topological polar surface area (TPSA) is 73.8 Å². The Labute approximate surface area is 116 Å². The number of aromatic nitrogens is 3. The second-order valence-electron chi connectivity index (χ2n) is 4.70. The van der Waals surface area contributed by atoms with Crippen LogP contribution >= 0.6 is 0 Å². The van der Waals surface area contributed by atoms with Crippen LogP contribution in [0.3, 0.4) is 0 Å². The molecule has 5 heteroatoms. The lowest BCUT2D eigenvalue weighted by atomic mass is 9.99. The monoisotopic (exact) mass is 266 g/mol. The Hall–Kier alpha value is -2.53. The largest absolute Gasteiger partial charge is 0.317 e. The fourth-order valence-electron chi connectivity index (χ4n) is 2.16. The molecule has 1 atom stereocenters. The van der Waals surface area contributed by atoms with Crippen molar-refractivity contribution >= 4 is 16.7 Å². The molecule has 1 unspecified atom stereocenters. The lowest BCUT2D eigenvalue weighted by Gasteiger charge is -2.09. The number of rotatable bonds is 3. The average molecular weight is 266 g/mol. The molecule has 2 aromatic heterocycles. The van der Waals surface area contributed by atoms with Gasteiger partial charge >= 0.3 is 0 Å². The minimum absolute atomic E-state index is 0.122. The summed E-state index contributed by atoms with van der Waals surface area (Å²) in [5.74, 6) is -0.122. The quantitative estimate of drug-likeness (QED) is 0.734. The first-order valence-corrected chi connectivity index (χ1v) is 6.28. The van der Waals surface area contributed by atoms with Crippen LogP contribution in [0.4, 0.5) is 0 Å². The van der Waals surface area contributed by atoms with Crippen LogP contribution in [0.25, 0.3) is 10.9 Å². The third-order valence-corrected chi connectivity index (χ3v) is 3.25. The summed E-state index contributed by atoms with van der Waals surface area (Å²) >= 11 is 0. The van der Waals surface area contributed by atoms with E-state index in [2.05, 4.69) is 10.1 Å². The van der Waals surface area contributed by atoms with Gasteiger partial charge in [-0.25, -0.2) is 0 Å². The van der Waals surface area contributed by atoms with Gasteiger partial charge < -0.3 is 5.73 Å². The highest BCUT2D eigenvalue weighted by Gasteiger charge is 2.19. The summed E-state index contributed by atoms with van der Waals surface area (Å²) in [5, 5.41) is 4.97. The Morgan fingerprint density at radius 2 is 2.20 bits per heavy atom. The van der Waals surface area contributed by atoms with Gasteiger partial charge in [0, 0.05) is 36.0 Å². The van der Waals surface area contributed by atoms with Crippen molar-refractivity contribution in [1.29, 1.82) is 0 Å². The van der Waals surface area contributed by atoms with Gasteiger partial charge in [-0.3, -0.25) is 14.5 Å². The van der Waals surface area contributed by atoms with Crippen LogP contribution in [0.2, 0.25) is 0 Å². The van der Waals surface area contributed by atoms with Crippen molar-refractivity contribution in [3.8, 4) is 0 Å². The van der Waals surface area contributed by atoms with Crippen molar-refractivity contribution < 1.29 is 4.79 Å². The van der Waals surface area contributed by atoms with Crippen molar-refractivity contribution in [3.05, 3.63) is 60.0 Å². The molecule has 0 spiro atoms. The molecule has 3 rings (SSSR count). The number of aryl methyl sites for hydroxylation is 1. The summed E-state index contributed by atoms with van der Waals surface area (Å²) in [5.41, 5.74) is 8.17. The molecule has 0 amide bonds. The van der Waals surface area contributed by atoms with Gasteiger partial charge in [0.15, 0.2) is 5.78 Å². The molecule has 0 fully saturated rings. The normalized spacial score (nSPS) is 12.5. The number of hydrogen-bond acceptors (Lipinski definition) is 4. The van der Waals surface area contributed by atoms with E-state index in [0.29, 0.717) is 11.1 Å². The predicted molar refractivity (Wildman–Crippen MR) is 76.2 cm³/mol. The van der Waals surface area contributed by atoms with Crippen LogP contribution in [-0.2, 0) is 7.05 Å². The van der Waals surface area contributed by atoms with Gasteiger partial charge in [0.1, 0.15) is 0 Å². The number of benzene rings is 1. The molecule has 0 aliphatic rings. The van der Waals surface area contributed by atoms with E-state index in [1.807, 2.05) is 24.3 Å². The zero-order chi connectivity index (χ0) is 14.1. The zero-order valence-corrected chi connectivity index (χ0v) is 11.0. The first-order valence-electron chi connectivity index (χ1n) is 6.28. The third-order valence-electron chi connectivity index (χ3n) is 3.25. The maximum Gasteiger partial charge on any atom is 0.184 e. The second-order valence-corrected chi connectivity index (χ2v) is 4.70. The standard InChI is InChI=1S/C15H14N4O/c1-19-9-12(8-18-19)14(16)15(20)11-4-5-13-10(7-11)3-2-6-17-13/h2-9,14H,16H2,1H3. The molecule has 0 bridgehead atoms. The molecule has 0 aliphatic carbocycles. The third kappa shape index (κ3) is 2.19. The number of nitrogens with zero attached hydrogens (tertiary/aromatic N) is 3. The van der Waals surface area contributed by atoms with Crippen molar-refractivity contribution in [2.45, 2.75) is 6.04 Å². The Morgan fingerprint density at radius 1 is 1.35 bits per heavy atom. The van der Waals surface area contributed by atoms with E-state index in [4.69, 9.17) is 5.73 Å². The van der Waals surface area contributed by atoms with E-state index in [0.717, 1.165) is 10.9 Å². The van der Waals surface area contributed by atoms with Crippen LogP contribution < -0.4 is 5.73 Å². The number of hydrogen-bond donors (Lipinski definition) is 1. The maximum absolute atomic E-state index is 12.4. The molecule has 100 valence electrons. The van der Waals surface area contributed by atoms with E-state index < -0.39 is 6.04 Å². The highest BCUT2D eigenvalue weighted by atomic mass is 16.1. The van der Waals surface area contributed by atoms with E-state index >= 15 is 0 Å². The lowest BCUT2D eigenvalue weighted by molar-refractivity contribution is 0.0961. The Balaban J connectivity index is 1.95. The molecule has 1 aromatic carbocycles. The molecular formula is C15H14N4O. The van der Waals surface area contributed by atoms with Crippen LogP contribution in [0, 0.1) is 0 Å². The molecule has 0 saturated heterocycles. The summed E-state index contributed by atoms with van der Waals surface area (Å²) < 4.78 is 1.63. The Bertz CT molecular complexity index is 778. The molecular weight excluding hydrogens is 252 g/mol. The molecule has 2 heterocycles. The minimum Gasteiger partial charge on any atom is -0.317 e. The van der Waals surface area contributed by atoms with Crippen LogP contribution in [0.15, 0.2) is 48.9 Å². The number of Topliss-reactive ketones (excluding diaryl/α,β-unsaturated/α-hetero) is 1. The van der Waals surface area contributed by atoms with Crippen LogP contribution in [0.5, 0.6) is 0 Å². The smallest absolute Gasteiger partial charge is 0.184 e. The van der Waals surface area contributed by atoms with Gasteiger partial charge in [0.25, 0.3) is 0 Å². The van der Waals surface area contributed by atoms with Gasteiger partial charge in [0.05, 0.1) is 17.8 Å². The zero-order valence-electron chi connectivity index (χ0n) is 11.0. The maximum atomic E-state index is 12.4. The van der Waals surface area contributed by atoms with Gasteiger partial charge in [-0.05, 0) is 24.3 Å². The van der Waals surface area contributed by atoms with Crippen LogP contribution in [0.1, 0.15) is 22.0 Å². The molecule has 5 nitrogen and oxygen atoms in total. The van der Waals surface area contributed by atoms with Crippen molar-refractivity contribution in [2.75, 3.05) is 0 Å². The Kier molecular flexibility index (Phi) is 3.04. The first-order chi connectivity index (χ1) is 9.65. The molecule has 20 heavy (non-hydrogen) atoms. The number of carbonyl (C=O) groups excluding carboxylic acids is 1. The van der Waals surface area contributed by atoms with Crippen molar-refractivity contribution in [2.24, 2.45) is 12.8 Å². The summed E-state index contributed by atoms with van der Waals surface area (Å²) in [6.07, 6.45) is 5.10. The van der Waals surface area contributed by atoms with E-state index in [-0.39, 0.29) is 5.78 Å². The second kappa shape index (κ2) is 4.86. The highest BCUT2D eigenvalue weighted by Crippen LogP contribution is 2.19. The lowest BCUT2D eigenvalue weighted by Crippen LogP contribution is -2.21. The molecule has 0 aliphatic heterocycles. The van der Waals surface area contributed by atoms with Gasteiger partial charge in [0.2, 0.25) is 0 Å². The van der Waals surface area contributed by atoms with E-state index in [9.17, 15) is 4.79 Å². The first kappa shape index (κ1) is 12.5. The summed E-state index contributed by atoms with van der Waals surface area (Å²) in [6, 6.07) is 8.48. The Morgan fingerprint density at radius 3 is 2.95 bits per heavy atom. The SMILES string of the molecule is Cn1cc(C(N)C(=O)c2ccc3ncccc3c2)cn1. The van der Waals surface area contributed by atoms with Crippen molar-refractivity contribution in [1.82, 2.24) is 14.8 Å². The predicted octanol–water partition coefficient (Wildman–Crippen LogP) is 1.85. The van der Waals surface area contributed by atoms with E-state index in [1.165, 1.54) is 0 Å². The fraction of sp³-hybridized carbons (Fsp3) is 0.133. The number of nitrogens with two attached hydrogens (primary N) is 1. The van der Waals surface area contributed by atoms with Crippen LogP contribution in [-0.4, -0.2) is 20.5 Å². The molecule has 3 aromatic rings. The van der Waals surface area contributed by atoms with Crippen molar-refractivity contribution in [3.63, 3.8) is 0 Å². The summed E-state index contributed by atoms with van der Waals surface area (Å²) in [7, 11) is 1.79. The summed E-state index contributed by atoms with van der Waals surface area (Å²) in [6.45, 7) is 0. The highest BCUT2D eigenvalue weighted by molar-refractivity contribution is 6.02.